The Bertz CT molecular complexity index is 1060. The summed E-state index contributed by atoms with van der Waals surface area (Å²) in [5.74, 6) is 2.35. The first-order chi connectivity index (χ1) is 14.8. The Balaban J connectivity index is 1.20. The molecule has 7 nitrogen and oxygen atoms in total. The minimum Gasteiger partial charge on any atom is -0.454 e. The van der Waals surface area contributed by atoms with Crippen LogP contribution < -0.4 is 14.4 Å². The van der Waals surface area contributed by atoms with E-state index in [9.17, 15) is 4.79 Å². The van der Waals surface area contributed by atoms with E-state index in [0.717, 1.165) is 46.5 Å². The van der Waals surface area contributed by atoms with Gasteiger partial charge in [0.15, 0.2) is 17.3 Å². The maximum absolute atomic E-state index is 12.4. The third-order valence-electron chi connectivity index (χ3n) is 5.17. The quantitative estimate of drug-likeness (QED) is 0.604. The average molecular weight is 420 g/mol. The molecule has 30 heavy (non-hydrogen) atoms. The van der Waals surface area contributed by atoms with Crippen molar-refractivity contribution < 1.29 is 14.3 Å². The van der Waals surface area contributed by atoms with Crippen LogP contribution in [0.4, 0.5) is 5.82 Å². The van der Waals surface area contributed by atoms with Gasteiger partial charge in [-0.2, -0.15) is 0 Å². The van der Waals surface area contributed by atoms with E-state index in [2.05, 4.69) is 15.1 Å². The van der Waals surface area contributed by atoms with Gasteiger partial charge < -0.3 is 19.3 Å². The Hall–Kier alpha value is -3.39. The van der Waals surface area contributed by atoms with Crippen LogP contribution in [-0.2, 0) is 4.79 Å². The van der Waals surface area contributed by atoms with Crippen LogP contribution in [0.15, 0.2) is 53.9 Å². The molecule has 0 saturated carbocycles. The first kappa shape index (κ1) is 18.6. The van der Waals surface area contributed by atoms with Crippen molar-refractivity contribution in [2.75, 3.05) is 37.9 Å². The van der Waals surface area contributed by atoms with E-state index in [1.54, 1.807) is 17.4 Å². The average Bonchev–Trinajstić information content (AvgIpc) is 3.49. The van der Waals surface area contributed by atoms with Gasteiger partial charge in [0.1, 0.15) is 0 Å². The van der Waals surface area contributed by atoms with Crippen LogP contribution >= 0.6 is 11.3 Å². The number of thiophene rings is 1. The molecular weight excluding hydrogens is 400 g/mol. The second-order valence-corrected chi connectivity index (χ2v) is 7.99. The van der Waals surface area contributed by atoms with Gasteiger partial charge in [-0.25, -0.2) is 0 Å². The fraction of sp³-hybridized carbons (Fsp3) is 0.227. The predicted octanol–water partition coefficient (Wildman–Crippen LogP) is 3.30. The molecule has 1 amide bonds. The molecule has 0 N–H and O–H groups in total. The molecular formula is C22H20N4O3S. The largest absolute Gasteiger partial charge is 0.454 e. The van der Waals surface area contributed by atoms with Crippen LogP contribution in [0.25, 0.3) is 17.3 Å². The smallest absolute Gasteiger partial charge is 0.246 e. The van der Waals surface area contributed by atoms with E-state index in [-0.39, 0.29) is 12.7 Å². The highest BCUT2D eigenvalue weighted by Crippen LogP contribution is 2.35. The summed E-state index contributed by atoms with van der Waals surface area (Å²) in [6.07, 6.45) is 3.53. The highest BCUT2D eigenvalue weighted by atomic mass is 32.1. The summed E-state index contributed by atoms with van der Waals surface area (Å²) in [5, 5.41) is 10.8. The number of amides is 1. The number of hydrogen-bond acceptors (Lipinski definition) is 7. The number of carbonyl (C=O) groups is 1. The van der Waals surface area contributed by atoms with Crippen LogP contribution in [0.1, 0.15) is 4.88 Å². The molecule has 0 radical (unpaired) electrons. The molecule has 4 heterocycles. The summed E-state index contributed by atoms with van der Waals surface area (Å²) < 4.78 is 10.8. The highest BCUT2D eigenvalue weighted by Gasteiger charge is 2.21. The molecule has 2 aromatic heterocycles. The van der Waals surface area contributed by atoms with Crippen molar-refractivity contribution in [3.63, 3.8) is 0 Å². The molecule has 0 atom stereocenters. The Kier molecular flexibility index (Phi) is 5.06. The third kappa shape index (κ3) is 3.86. The van der Waals surface area contributed by atoms with E-state index >= 15 is 0 Å². The van der Waals surface area contributed by atoms with E-state index < -0.39 is 0 Å². The number of piperazine rings is 1. The number of carbonyl (C=O) groups excluding carboxylic acids is 1. The summed E-state index contributed by atoms with van der Waals surface area (Å²) in [6, 6.07) is 13.7. The van der Waals surface area contributed by atoms with Gasteiger partial charge in [-0.05, 0) is 47.9 Å². The van der Waals surface area contributed by atoms with Crippen molar-refractivity contribution >= 4 is 29.1 Å². The summed E-state index contributed by atoms with van der Waals surface area (Å²) >= 11 is 1.62. The fourth-order valence-electron chi connectivity index (χ4n) is 3.50. The molecule has 2 aliphatic rings. The number of aromatic nitrogens is 2. The summed E-state index contributed by atoms with van der Waals surface area (Å²) in [4.78, 5) is 17.5. The summed E-state index contributed by atoms with van der Waals surface area (Å²) in [6.45, 7) is 3.05. The molecule has 2 aliphatic heterocycles. The number of benzene rings is 1. The van der Waals surface area contributed by atoms with Crippen molar-refractivity contribution in [1.29, 1.82) is 0 Å². The lowest BCUT2D eigenvalue weighted by Gasteiger charge is -2.34. The molecule has 1 aromatic carbocycles. The number of hydrogen-bond donors (Lipinski definition) is 0. The Morgan fingerprint density at radius 3 is 2.63 bits per heavy atom. The van der Waals surface area contributed by atoms with Crippen molar-refractivity contribution in [3.8, 4) is 22.8 Å². The van der Waals surface area contributed by atoms with E-state index in [1.807, 2.05) is 58.8 Å². The molecule has 1 saturated heterocycles. The number of anilines is 1. The monoisotopic (exact) mass is 420 g/mol. The normalized spacial score (nSPS) is 15.7. The Morgan fingerprint density at radius 1 is 1.00 bits per heavy atom. The van der Waals surface area contributed by atoms with Gasteiger partial charge in [0, 0.05) is 42.7 Å². The Morgan fingerprint density at radius 2 is 1.87 bits per heavy atom. The summed E-state index contributed by atoms with van der Waals surface area (Å²) in [5.41, 5.74) is 1.72. The Labute approximate surface area is 178 Å². The van der Waals surface area contributed by atoms with Gasteiger partial charge in [-0.3, -0.25) is 4.79 Å². The lowest BCUT2D eigenvalue weighted by molar-refractivity contribution is -0.126. The molecule has 0 spiro atoms. The maximum atomic E-state index is 12.4. The van der Waals surface area contributed by atoms with E-state index in [4.69, 9.17) is 9.47 Å². The topological polar surface area (TPSA) is 67.8 Å². The van der Waals surface area contributed by atoms with Crippen molar-refractivity contribution in [1.82, 2.24) is 15.1 Å². The molecule has 5 rings (SSSR count). The maximum Gasteiger partial charge on any atom is 0.246 e. The number of nitrogens with zero attached hydrogens (tertiary/aromatic N) is 4. The second-order valence-electron chi connectivity index (χ2n) is 7.01. The van der Waals surface area contributed by atoms with Gasteiger partial charge in [0.2, 0.25) is 12.7 Å². The van der Waals surface area contributed by atoms with Crippen molar-refractivity contribution in [2.24, 2.45) is 0 Å². The lowest BCUT2D eigenvalue weighted by Crippen LogP contribution is -2.48. The second kappa shape index (κ2) is 8.16. The summed E-state index contributed by atoms with van der Waals surface area (Å²) in [7, 11) is 0. The van der Waals surface area contributed by atoms with Crippen molar-refractivity contribution in [2.45, 2.75) is 0 Å². The number of ether oxygens (including phenoxy) is 2. The van der Waals surface area contributed by atoms with Gasteiger partial charge in [0.25, 0.3) is 0 Å². The van der Waals surface area contributed by atoms with Gasteiger partial charge in [-0.15, -0.1) is 21.5 Å². The number of rotatable bonds is 4. The molecule has 1 fully saturated rings. The molecule has 0 unspecified atom stereocenters. The minimum atomic E-state index is 0.0484. The third-order valence-corrected chi connectivity index (χ3v) is 6.01. The number of fused-ring (bicyclic) bond motifs is 1. The molecule has 8 heteroatoms. The minimum absolute atomic E-state index is 0.0484. The first-order valence-corrected chi connectivity index (χ1v) is 10.6. The molecule has 3 aromatic rings. The highest BCUT2D eigenvalue weighted by molar-refractivity contribution is 7.10. The van der Waals surface area contributed by atoms with Gasteiger partial charge in [-0.1, -0.05) is 6.07 Å². The van der Waals surface area contributed by atoms with Crippen LogP contribution in [0.2, 0.25) is 0 Å². The van der Waals surface area contributed by atoms with Crippen LogP contribution in [0.5, 0.6) is 11.5 Å². The SMILES string of the molecule is O=C(/C=C/c1cccs1)N1CCN(c2ccc(-c3ccc4c(c3)OCO4)nn2)CC1. The zero-order valence-electron chi connectivity index (χ0n) is 16.2. The molecule has 0 aliphatic carbocycles. The molecule has 152 valence electrons. The molecule has 0 bridgehead atoms. The van der Waals surface area contributed by atoms with Gasteiger partial charge in [0.05, 0.1) is 5.69 Å². The zero-order chi connectivity index (χ0) is 20.3. The van der Waals surface area contributed by atoms with E-state index in [0.29, 0.717) is 13.1 Å². The van der Waals surface area contributed by atoms with E-state index in [1.165, 1.54) is 0 Å². The lowest BCUT2D eigenvalue weighted by atomic mass is 10.1. The van der Waals surface area contributed by atoms with Crippen LogP contribution in [-0.4, -0.2) is 54.0 Å². The fourth-order valence-corrected chi connectivity index (χ4v) is 4.12. The van der Waals surface area contributed by atoms with Crippen molar-refractivity contribution in [3.05, 3.63) is 58.8 Å². The van der Waals surface area contributed by atoms with Gasteiger partial charge >= 0.3 is 0 Å². The predicted molar refractivity (Wildman–Crippen MR) is 116 cm³/mol. The van der Waals surface area contributed by atoms with Crippen LogP contribution in [0.3, 0.4) is 0 Å². The van der Waals surface area contributed by atoms with Crippen LogP contribution in [0, 0.1) is 0 Å². The zero-order valence-corrected chi connectivity index (χ0v) is 17.0. The first-order valence-electron chi connectivity index (χ1n) is 9.75. The standard InChI is InChI=1S/C22H20N4O3S/c27-22(8-4-17-2-1-13-30-17)26-11-9-25(10-12-26)21-7-5-18(23-24-21)16-3-6-19-20(14-16)29-15-28-19/h1-8,13-14H,9-12,15H2/b8-4+.